The van der Waals surface area contributed by atoms with Crippen LogP contribution in [0.5, 0.6) is 0 Å². The van der Waals surface area contributed by atoms with Crippen LogP contribution in [0.4, 0.5) is 4.39 Å². The van der Waals surface area contributed by atoms with E-state index in [1.807, 2.05) is 6.92 Å². The van der Waals surface area contributed by atoms with Gasteiger partial charge < -0.3 is 10.1 Å². The van der Waals surface area contributed by atoms with Gasteiger partial charge in [-0.25, -0.2) is 4.39 Å². The Morgan fingerprint density at radius 1 is 1.39 bits per heavy atom. The molecule has 0 saturated heterocycles. The van der Waals surface area contributed by atoms with Gasteiger partial charge in [-0.3, -0.25) is 0 Å². The number of nitrogens with one attached hydrogen (secondary N) is 1. The number of likely N-dealkylation sites (N-methyl/N-ethyl adjacent to an activating group) is 1. The highest BCUT2D eigenvalue weighted by Gasteiger charge is 2.27. The Labute approximate surface area is 113 Å². The SMILES string of the molecule is CCNC(c1ccc(Cl)cc1F)C(OC)C(C)C. The zero-order valence-electron chi connectivity index (χ0n) is 11.3. The molecule has 0 aliphatic heterocycles. The van der Waals surface area contributed by atoms with Gasteiger partial charge in [0.1, 0.15) is 5.82 Å². The molecule has 0 aliphatic rings. The Bertz CT molecular complexity index is 384. The Kier molecular flexibility index (Phi) is 6.06. The standard InChI is InChI=1S/C14H21ClFNO/c1-5-17-13(14(18-4)9(2)3)11-7-6-10(15)8-12(11)16/h6-9,13-14,17H,5H2,1-4H3. The summed E-state index contributed by atoms with van der Waals surface area (Å²) in [4.78, 5) is 0. The molecule has 0 spiro atoms. The fourth-order valence-corrected chi connectivity index (χ4v) is 2.33. The van der Waals surface area contributed by atoms with Crippen molar-refractivity contribution in [2.75, 3.05) is 13.7 Å². The first kappa shape index (κ1) is 15.4. The van der Waals surface area contributed by atoms with Crippen molar-refractivity contribution >= 4 is 11.6 Å². The van der Waals surface area contributed by atoms with Gasteiger partial charge in [0, 0.05) is 17.7 Å². The van der Waals surface area contributed by atoms with Crippen LogP contribution in [-0.2, 0) is 4.74 Å². The van der Waals surface area contributed by atoms with Crippen LogP contribution in [0.1, 0.15) is 32.4 Å². The molecule has 1 rings (SSSR count). The van der Waals surface area contributed by atoms with E-state index < -0.39 is 0 Å². The molecule has 0 amide bonds. The van der Waals surface area contributed by atoms with Crippen LogP contribution in [0.25, 0.3) is 0 Å². The molecule has 0 fully saturated rings. The van der Waals surface area contributed by atoms with Crippen molar-refractivity contribution in [1.82, 2.24) is 5.32 Å². The van der Waals surface area contributed by atoms with E-state index in [-0.39, 0.29) is 23.9 Å². The van der Waals surface area contributed by atoms with Gasteiger partial charge in [0.2, 0.25) is 0 Å². The van der Waals surface area contributed by atoms with Crippen LogP contribution in [0, 0.1) is 11.7 Å². The van der Waals surface area contributed by atoms with Crippen molar-refractivity contribution in [3.8, 4) is 0 Å². The molecule has 0 aromatic heterocycles. The smallest absolute Gasteiger partial charge is 0.129 e. The van der Waals surface area contributed by atoms with Crippen LogP contribution in [-0.4, -0.2) is 19.8 Å². The summed E-state index contributed by atoms with van der Waals surface area (Å²) in [7, 11) is 1.66. The van der Waals surface area contributed by atoms with Crippen LogP contribution >= 0.6 is 11.6 Å². The lowest BCUT2D eigenvalue weighted by Crippen LogP contribution is -2.37. The monoisotopic (exact) mass is 273 g/mol. The molecule has 2 atom stereocenters. The molecule has 1 aromatic rings. The molecule has 102 valence electrons. The van der Waals surface area contributed by atoms with E-state index in [9.17, 15) is 4.39 Å². The second-order valence-corrected chi connectivity index (χ2v) is 5.08. The third-order valence-corrected chi connectivity index (χ3v) is 3.21. The van der Waals surface area contributed by atoms with Gasteiger partial charge in [-0.05, 0) is 24.6 Å². The lowest BCUT2D eigenvalue weighted by molar-refractivity contribution is 0.0321. The third-order valence-electron chi connectivity index (χ3n) is 2.98. The van der Waals surface area contributed by atoms with Gasteiger partial charge in [0.15, 0.2) is 0 Å². The average Bonchev–Trinajstić information content (AvgIpc) is 2.28. The molecule has 0 aliphatic carbocycles. The normalized spacial score (nSPS) is 14.8. The molecular weight excluding hydrogens is 253 g/mol. The first-order valence-corrected chi connectivity index (χ1v) is 6.60. The summed E-state index contributed by atoms with van der Waals surface area (Å²) >= 11 is 5.78. The summed E-state index contributed by atoms with van der Waals surface area (Å²) in [5, 5.41) is 3.69. The fourth-order valence-electron chi connectivity index (χ4n) is 2.17. The highest BCUT2D eigenvalue weighted by molar-refractivity contribution is 6.30. The van der Waals surface area contributed by atoms with Crippen molar-refractivity contribution < 1.29 is 9.13 Å². The molecule has 0 bridgehead atoms. The molecule has 4 heteroatoms. The minimum Gasteiger partial charge on any atom is -0.379 e. The highest BCUT2D eigenvalue weighted by Crippen LogP contribution is 2.27. The minimum atomic E-state index is -0.295. The zero-order valence-corrected chi connectivity index (χ0v) is 12.1. The number of ether oxygens (including phenoxy) is 1. The Balaban J connectivity index is 3.10. The van der Waals surface area contributed by atoms with Crippen LogP contribution < -0.4 is 5.32 Å². The van der Waals surface area contributed by atoms with Gasteiger partial charge in [0.05, 0.1) is 12.1 Å². The summed E-state index contributed by atoms with van der Waals surface area (Å²) in [6, 6.07) is 4.60. The highest BCUT2D eigenvalue weighted by atomic mass is 35.5. The van der Waals surface area contributed by atoms with E-state index >= 15 is 0 Å². The number of hydrogen-bond acceptors (Lipinski definition) is 2. The minimum absolute atomic E-state index is 0.0828. The molecule has 2 unspecified atom stereocenters. The predicted molar refractivity (Wildman–Crippen MR) is 73.5 cm³/mol. The number of methoxy groups -OCH3 is 1. The average molecular weight is 274 g/mol. The van der Waals surface area contributed by atoms with Gasteiger partial charge in [-0.1, -0.05) is 38.4 Å². The van der Waals surface area contributed by atoms with Crippen LogP contribution in [0.2, 0.25) is 5.02 Å². The lowest BCUT2D eigenvalue weighted by Gasteiger charge is -2.30. The number of halogens is 2. The first-order chi connectivity index (χ1) is 8.51. The van der Waals surface area contributed by atoms with E-state index in [4.69, 9.17) is 16.3 Å². The zero-order chi connectivity index (χ0) is 13.7. The van der Waals surface area contributed by atoms with Gasteiger partial charge in [0.25, 0.3) is 0 Å². The lowest BCUT2D eigenvalue weighted by atomic mass is 9.93. The molecule has 2 nitrogen and oxygen atoms in total. The van der Waals surface area contributed by atoms with Crippen LogP contribution in [0.3, 0.4) is 0 Å². The van der Waals surface area contributed by atoms with Crippen molar-refractivity contribution in [3.63, 3.8) is 0 Å². The molecule has 1 aromatic carbocycles. The van der Waals surface area contributed by atoms with E-state index in [2.05, 4.69) is 19.2 Å². The summed E-state index contributed by atoms with van der Waals surface area (Å²) in [5.74, 6) is -0.00900. The van der Waals surface area contributed by atoms with Crippen molar-refractivity contribution in [2.24, 2.45) is 5.92 Å². The molecule has 0 heterocycles. The van der Waals surface area contributed by atoms with Gasteiger partial charge in [-0.15, -0.1) is 0 Å². The summed E-state index contributed by atoms with van der Waals surface area (Å²) in [5.41, 5.74) is 0.599. The topological polar surface area (TPSA) is 21.3 Å². The van der Waals surface area contributed by atoms with Crippen molar-refractivity contribution in [2.45, 2.75) is 32.9 Å². The summed E-state index contributed by atoms with van der Waals surface area (Å²) in [6.07, 6.45) is -0.0828. The van der Waals surface area contributed by atoms with E-state index in [0.29, 0.717) is 10.6 Å². The summed E-state index contributed by atoms with van der Waals surface area (Å²) < 4.78 is 19.5. The molecular formula is C14H21ClFNO. The quantitative estimate of drug-likeness (QED) is 0.851. The number of benzene rings is 1. The van der Waals surface area contributed by atoms with Gasteiger partial charge in [-0.2, -0.15) is 0 Å². The van der Waals surface area contributed by atoms with E-state index in [1.54, 1.807) is 19.2 Å². The summed E-state index contributed by atoms with van der Waals surface area (Å²) in [6.45, 7) is 6.87. The first-order valence-electron chi connectivity index (χ1n) is 6.22. The molecule has 0 saturated carbocycles. The van der Waals surface area contributed by atoms with Gasteiger partial charge >= 0.3 is 0 Å². The van der Waals surface area contributed by atoms with Crippen molar-refractivity contribution in [3.05, 3.63) is 34.6 Å². The predicted octanol–water partition coefficient (Wildman–Crippen LogP) is 3.80. The largest absolute Gasteiger partial charge is 0.379 e. The molecule has 0 radical (unpaired) electrons. The second kappa shape index (κ2) is 7.07. The maximum atomic E-state index is 14.0. The van der Waals surface area contributed by atoms with E-state index in [1.165, 1.54) is 6.07 Å². The van der Waals surface area contributed by atoms with Crippen molar-refractivity contribution in [1.29, 1.82) is 0 Å². The Morgan fingerprint density at radius 2 is 2.06 bits per heavy atom. The van der Waals surface area contributed by atoms with Crippen LogP contribution in [0.15, 0.2) is 18.2 Å². The van der Waals surface area contributed by atoms with E-state index in [0.717, 1.165) is 6.54 Å². The second-order valence-electron chi connectivity index (χ2n) is 4.65. The number of hydrogen-bond donors (Lipinski definition) is 1. The maximum absolute atomic E-state index is 14.0. The fraction of sp³-hybridized carbons (Fsp3) is 0.571. The Morgan fingerprint density at radius 3 is 2.50 bits per heavy atom. The molecule has 18 heavy (non-hydrogen) atoms. The Hall–Kier alpha value is -0.640. The third kappa shape index (κ3) is 3.67. The number of rotatable bonds is 6. The maximum Gasteiger partial charge on any atom is 0.129 e. The molecule has 1 N–H and O–H groups in total.